The molecule has 3 heteroatoms. The second-order valence-electron chi connectivity index (χ2n) is 4.39. The summed E-state index contributed by atoms with van der Waals surface area (Å²) in [6.07, 6.45) is 1.03. The highest BCUT2D eigenvalue weighted by Gasteiger charge is 2.12. The van der Waals surface area contributed by atoms with Crippen LogP contribution in [0.2, 0.25) is 5.02 Å². The predicted molar refractivity (Wildman–Crippen MR) is 78.7 cm³/mol. The highest BCUT2D eigenvalue weighted by Crippen LogP contribution is 2.19. The van der Waals surface area contributed by atoms with Crippen molar-refractivity contribution in [3.8, 4) is 0 Å². The molecule has 0 unspecified atom stereocenters. The number of benzene rings is 2. The Bertz CT molecular complexity index is 580. The van der Waals surface area contributed by atoms with Crippen LogP contribution in [0.5, 0.6) is 0 Å². The van der Waals surface area contributed by atoms with Gasteiger partial charge in [-0.3, -0.25) is 4.79 Å². The summed E-state index contributed by atoms with van der Waals surface area (Å²) in [5.74, 6) is 0.0807. The molecule has 0 saturated heterocycles. The first-order chi connectivity index (χ1) is 9.22. The molecule has 19 heavy (non-hydrogen) atoms. The van der Waals surface area contributed by atoms with E-state index in [4.69, 9.17) is 17.3 Å². The Morgan fingerprint density at radius 2 is 1.63 bits per heavy atom. The number of hydrogen-bond acceptors (Lipinski definition) is 2. The van der Waals surface area contributed by atoms with Crippen molar-refractivity contribution >= 4 is 17.4 Å². The smallest absolute Gasteiger partial charge is 0.167 e. The molecule has 0 spiro atoms. The molecule has 0 amide bonds. The summed E-state index contributed by atoms with van der Waals surface area (Å²) in [4.78, 5) is 12.4. The summed E-state index contributed by atoms with van der Waals surface area (Å²) in [5, 5.41) is 0.632. The van der Waals surface area contributed by atoms with E-state index in [0.717, 1.165) is 16.7 Å². The molecule has 98 valence electrons. The molecule has 0 bridgehead atoms. The first-order valence-electron chi connectivity index (χ1n) is 6.27. The van der Waals surface area contributed by atoms with E-state index >= 15 is 0 Å². The Morgan fingerprint density at radius 3 is 2.32 bits per heavy atom. The molecule has 2 aromatic carbocycles. The Morgan fingerprint density at radius 1 is 1.00 bits per heavy atom. The van der Waals surface area contributed by atoms with Gasteiger partial charge in [-0.2, -0.15) is 0 Å². The zero-order valence-electron chi connectivity index (χ0n) is 10.6. The van der Waals surface area contributed by atoms with Crippen LogP contribution >= 0.6 is 11.6 Å². The number of halogens is 1. The fourth-order valence-corrected chi connectivity index (χ4v) is 2.28. The fraction of sp³-hybridized carbons (Fsp3) is 0.188. The van der Waals surface area contributed by atoms with Gasteiger partial charge in [-0.1, -0.05) is 54.1 Å². The summed E-state index contributed by atoms with van der Waals surface area (Å²) in [5.41, 5.74) is 8.18. The highest BCUT2D eigenvalue weighted by molar-refractivity contribution is 6.31. The number of rotatable bonds is 5. The van der Waals surface area contributed by atoms with Crippen LogP contribution in [0.25, 0.3) is 0 Å². The predicted octanol–water partition coefficient (Wildman–Crippen LogP) is 3.27. The number of Topliss-reactive ketones (excluding diaryl/α,β-unsaturated/α-hetero) is 1. The van der Waals surface area contributed by atoms with Gasteiger partial charge in [-0.25, -0.2) is 0 Å². The van der Waals surface area contributed by atoms with Crippen molar-refractivity contribution < 1.29 is 4.79 Å². The first kappa shape index (κ1) is 13.8. The summed E-state index contributed by atoms with van der Waals surface area (Å²) in [7, 11) is 0. The lowest BCUT2D eigenvalue weighted by Gasteiger charge is -2.08. The van der Waals surface area contributed by atoms with E-state index in [1.165, 1.54) is 0 Å². The third-order valence-electron chi connectivity index (χ3n) is 3.04. The second kappa shape index (κ2) is 6.50. The molecule has 0 atom stereocenters. The molecule has 0 fully saturated rings. The van der Waals surface area contributed by atoms with Crippen LogP contribution in [0.3, 0.4) is 0 Å². The van der Waals surface area contributed by atoms with Gasteiger partial charge in [0.2, 0.25) is 0 Å². The third kappa shape index (κ3) is 3.43. The Labute approximate surface area is 118 Å². The van der Waals surface area contributed by atoms with Crippen LogP contribution in [-0.2, 0) is 12.8 Å². The topological polar surface area (TPSA) is 43.1 Å². The van der Waals surface area contributed by atoms with Crippen LogP contribution in [0.4, 0.5) is 0 Å². The lowest BCUT2D eigenvalue weighted by molar-refractivity contribution is 0.0992. The maximum atomic E-state index is 12.4. The molecular formula is C16H16ClNO. The van der Waals surface area contributed by atoms with Crippen LogP contribution in [-0.4, -0.2) is 12.3 Å². The molecule has 0 aliphatic carbocycles. The van der Waals surface area contributed by atoms with Gasteiger partial charge in [0.25, 0.3) is 0 Å². The zero-order chi connectivity index (χ0) is 13.7. The van der Waals surface area contributed by atoms with Crippen molar-refractivity contribution in [3.05, 3.63) is 70.2 Å². The van der Waals surface area contributed by atoms with E-state index in [9.17, 15) is 4.79 Å². The number of hydrogen-bond donors (Lipinski definition) is 1. The van der Waals surface area contributed by atoms with E-state index in [1.807, 2.05) is 42.5 Å². The van der Waals surface area contributed by atoms with E-state index in [-0.39, 0.29) is 5.78 Å². The number of carbonyl (C=O) groups excluding carboxylic acids is 1. The molecule has 0 radical (unpaired) electrons. The average molecular weight is 274 g/mol. The van der Waals surface area contributed by atoms with Crippen molar-refractivity contribution in [1.82, 2.24) is 0 Å². The number of ketones is 1. The lowest BCUT2D eigenvalue weighted by Crippen LogP contribution is -2.11. The fourth-order valence-electron chi connectivity index (χ4n) is 2.08. The van der Waals surface area contributed by atoms with Gasteiger partial charge < -0.3 is 5.73 Å². The molecule has 0 aliphatic rings. The van der Waals surface area contributed by atoms with Crippen molar-refractivity contribution in [2.24, 2.45) is 5.73 Å². The third-order valence-corrected chi connectivity index (χ3v) is 3.41. The SMILES string of the molecule is NCCc1ccccc1C(=O)Cc1ccccc1Cl. The minimum atomic E-state index is 0.0807. The minimum Gasteiger partial charge on any atom is -0.330 e. The highest BCUT2D eigenvalue weighted by atomic mass is 35.5. The first-order valence-corrected chi connectivity index (χ1v) is 6.64. The van der Waals surface area contributed by atoms with Crippen LogP contribution in [0.1, 0.15) is 21.5 Å². The summed E-state index contributed by atoms with van der Waals surface area (Å²) in [6.45, 7) is 0.538. The molecule has 2 rings (SSSR count). The molecule has 2 N–H and O–H groups in total. The van der Waals surface area contributed by atoms with Crippen molar-refractivity contribution in [2.45, 2.75) is 12.8 Å². The Kier molecular flexibility index (Phi) is 4.72. The lowest BCUT2D eigenvalue weighted by atomic mass is 9.97. The maximum Gasteiger partial charge on any atom is 0.167 e. The van der Waals surface area contributed by atoms with Gasteiger partial charge in [0.05, 0.1) is 0 Å². The number of carbonyl (C=O) groups is 1. The monoisotopic (exact) mass is 273 g/mol. The molecular weight excluding hydrogens is 258 g/mol. The van der Waals surface area contributed by atoms with Gasteiger partial charge in [-0.15, -0.1) is 0 Å². The Balaban J connectivity index is 2.23. The Hall–Kier alpha value is -1.64. The zero-order valence-corrected chi connectivity index (χ0v) is 11.4. The molecule has 2 nitrogen and oxygen atoms in total. The standard InChI is InChI=1S/C16H16ClNO/c17-15-8-4-2-6-13(15)11-16(19)14-7-3-1-5-12(14)9-10-18/h1-8H,9-11,18H2. The van der Waals surface area contributed by atoms with Crippen molar-refractivity contribution in [1.29, 1.82) is 0 Å². The van der Waals surface area contributed by atoms with Crippen LogP contribution < -0.4 is 5.73 Å². The van der Waals surface area contributed by atoms with Gasteiger partial charge in [-0.05, 0) is 30.2 Å². The molecule has 0 aliphatic heterocycles. The average Bonchev–Trinajstić information content (AvgIpc) is 2.42. The quantitative estimate of drug-likeness (QED) is 0.850. The van der Waals surface area contributed by atoms with Crippen LogP contribution in [0, 0.1) is 0 Å². The van der Waals surface area contributed by atoms with E-state index in [1.54, 1.807) is 6.07 Å². The molecule has 2 aromatic rings. The summed E-state index contributed by atoms with van der Waals surface area (Å²) < 4.78 is 0. The van der Waals surface area contributed by atoms with Crippen molar-refractivity contribution in [2.75, 3.05) is 6.54 Å². The summed E-state index contributed by atoms with van der Waals surface area (Å²) >= 11 is 6.08. The van der Waals surface area contributed by atoms with Gasteiger partial charge in [0.1, 0.15) is 0 Å². The largest absolute Gasteiger partial charge is 0.330 e. The van der Waals surface area contributed by atoms with Crippen molar-refractivity contribution in [3.63, 3.8) is 0 Å². The molecule has 0 heterocycles. The maximum absolute atomic E-state index is 12.4. The molecule has 0 saturated carbocycles. The molecule has 0 aromatic heterocycles. The van der Waals surface area contributed by atoms with Crippen LogP contribution in [0.15, 0.2) is 48.5 Å². The van der Waals surface area contributed by atoms with E-state index < -0.39 is 0 Å². The van der Waals surface area contributed by atoms with Gasteiger partial charge in [0.15, 0.2) is 5.78 Å². The number of nitrogens with two attached hydrogens (primary N) is 1. The van der Waals surface area contributed by atoms with E-state index in [2.05, 4.69) is 0 Å². The second-order valence-corrected chi connectivity index (χ2v) is 4.79. The normalized spacial score (nSPS) is 10.4. The minimum absolute atomic E-state index is 0.0807. The van der Waals surface area contributed by atoms with Gasteiger partial charge >= 0.3 is 0 Å². The summed E-state index contributed by atoms with van der Waals surface area (Å²) in [6, 6.07) is 15.0. The van der Waals surface area contributed by atoms with Gasteiger partial charge in [0, 0.05) is 17.0 Å². The van der Waals surface area contributed by atoms with E-state index in [0.29, 0.717) is 24.4 Å².